The number of nitrogens with zero attached hydrogens (tertiary/aromatic N) is 2. The van der Waals surface area contributed by atoms with Gasteiger partial charge in [0.1, 0.15) is 0 Å². The van der Waals surface area contributed by atoms with Crippen molar-refractivity contribution < 1.29 is 14.7 Å². The van der Waals surface area contributed by atoms with Crippen LogP contribution in [-0.4, -0.2) is 32.9 Å². The van der Waals surface area contributed by atoms with Gasteiger partial charge in [-0.2, -0.15) is 0 Å². The van der Waals surface area contributed by atoms with Crippen LogP contribution in [0.25, 0.3) is 0 Å². The average molecular weight is 388 g/mol. The molecule has 0 saturated carbocycles. The van der Waals surface area contributed by atoms with E-state index in [1.807, 2.05) is 13.0 Å². The standard InChI is InChI=1S/C12H10BrN3O3S2/c1-6-4-7(13)2-3-8(6)10(19)14-11-15-16-12(21-11)20-5-9(17)18/h2-4H,5H2,1H3,(H,17,18)(H,14,15,19). The second kappa shape index (κ2) is 7.01. The molecule has 1 aromatic carbocycles. The Labute approximate surface area is 137 Å². The highest BCUT2D eigenvalue weighted by Crippen LogP contribution is 2.26. The molecule has 0 fully saturated rings. The first-order valence-corrected chi connectivity index (χ1v) is 8.31. The van der Waals surface area contributed by atoms with E-state index in [0.717, 1.165) is 33.1 Å². The van der Waals surface area contributed by atoms with E-state index in [4.69, 9.17) is 5.11 Å². The third kappa shape index (κ3) is 4.51. The van der Waals surface area contributed by atoms with Crippen LogP contribution in [0.15, 0.2) is 27.0 Å². The zero-order valence-electron chi connectivity index (χ0n) is 10.8. The number of carboxylic acid groups (broad SMARTS) is 1. The Morgan fingerprint density at radius 2 is 2.19 bits per heavy atom. The Morgan fingerprint density at radius 1 is 1.43 bits per heavy atom. The van der Waals surface area contributed by atoms with Crippen molar-refractivity contribution in [3.05, 3.63) is 33.8 Å². The minimum absolute atomic E-state index is 0.0889. The summed E-state index contributed by atoms with van der Waals surface area (Å²) in [6, 6.07) is 5.36. The Kier molecular flexibility index (Phi) is 5.32. The highest BCUT2D eigenvalue weighted by molar-refractivity contribution is 9.10. The lowest BCUT2D eigenvalue weighted by Crippen LogP contribution is -2.13. The maximum atomic E-state index is 12.1. The topological polar surface area (TPSA) is 92.2 Å². The fourth-order valence-corrected chi connectivity index (χ4v) is 3.43. The Morgan fingerprint density at radius 3 is 2.86 bits per heavy atom. The summed E-state index contributed by atoms with van der Waals surface area (Å²) in [5.74, 6) is -1.29. The van der Waals surface area contributed by atoms with E-state index >= 15 is 0 Å². The lowest BCUT2D eigenvalue weighted by atomic mass is 10.1. The molecular formula is C12H10BrN3O3S2. The normalized spacial score (nSPS) is 10.4. The summed E-state index contributed by atoms with van der Waals surface area (Å²) in [6.07, 6.45) is 0. The summed E-state index contributed by atoms with van der Waals surface area (Å²) < 4.78 is 1.40. The number of thioether (sulfide) groups is 1. The Hall–Kier alpha value is -1.45. The first kappa shape index (κ1) is 15.9. The number of benzene rings is 1. The number of aromatic nitrogens is 2. The number of aryl methyl sites for hydroxylation is 1. The summed E-state index contributed by atoms with van der Waals surface area (Å²) >= 11 is 5.55. The van der Waals surface area contributed by atoms with Crippen molar-refractivity contribution in [3.8, 4) is 0 Å². The number of anilines is 1. The zero-order chi connectivity index (χ0) is 15.4. The van der Waals surface area contributed by atoms with Crippen molar-refractivity contribution in [2.75, 3.05) is 11.1 Å². The molecule has 9 heteroatoms. The van der Waals surface area contributed by atoms with Gasteiger partial charge in [-0.15, -0.1) is 10.2 Å². The number of hydrogen-bond acceptors (Lipinski definition) is 6. The number of halogens is 1. The molecule has 0 saturated heterocycles. The van der Waals surface area contributed by atoms with Gasteiger partial charge in [-0.05, 0) is 30.7 Å². The van der Waals surface area contributed by atoms with Crippen LogP contribution in [0.2, 0.25) is 0 Å². The Balaban J connectivity index is 2.04. The van der Waals surface area contributed by atoms with Crippen molar-refractivity contribution in [3.63, 3.8) is 0 Å². The minimum Gasteiger partial charge on any atom is -0.481 e. The molecule has 1 aromatic heterocycles. The van der Waals surface area contributed by atoms with Gasteiger partial charge >= 0.3 is 5.97 Å². The van der Waals surface area contributed by atoms with Crippen LogP contribution in [0.4, 0.5) is 5.13 Å². The van der Waals surface area contributed by atoms with Crippen LogP contribution in [-0.2, 0) is 4.79 Å². The molecule has 110 valence electrons. The molecule has 0 aliphatic carbocycles. The van der Waals surface area contributed by atoms with Gasteiger partial charge in [-0.1, -0.05) is 39.0 Å². The van der Waals surface area contributed by atoms with Gasteiger partial charge in [-0.3, -0.25) is 14.9 Å². The summed E-state index contributed by atoms with van der Waals surface area (Å²) in [4.78, 5) is 22.6. The molecule has 21 heavy (non-hydrogen) atoms. The lowest BCUT2D eigenvalue weighted by molar-refractivity contribution is -0.133. The largest absolute Gasteiger partial charge is 0.481 e. The third-order valence-electron chi connectivity index (χ3n) is 2.38. The second-order valence-electron chi connectivity index (χ2n) is 3.97. The first-order chi connectivity index (χ1) is 9.95. The predicted octanol–water partition coefficient (Wildman–Crippen LogP) is 3.04. The Bertz CT molecular complexity index is 690. The van der Waals surface area contributed by atoms with Crippen molar-refractivity contribution in [2.45, 2.75) is 11.3 Å². The van der Waals surface area contributed by atoms with Gasteiger partial charge < -0.3 is 5.11 Å². The van der Waals surface area contributed by atoms with Crippen molar-refractivity contribution in [1.29, 1.82) is 0 Å². The number of carboxylic acids is 1. The van der Waals surface area contributed by atoms with Crippen LogP contribution in [0.5, 0.6) is 0 Å². The number of aliphatic carboxylic acids is 1. The highest BCUT2D eigenvalue weighted by Gasteiger charge is 2.13. The van der Waals surface area contributed by atoms with Gasteiger partial charge in [0.15, 0.2) is 4.34 Å². The number of rotatable bonds is 5. The van der Waals surface area contributed by atoms with Crippen LogP contribution in [0.1, 0.15) is 15.9 Å². The maximum absolute atomic E-state index is 12.1. The van der Waals surface area contributed by atoms with E-state index in [1.165, 1.54) is 0 Å². The molecule has 0 spiro atoms. The van der Waals surface area contributed by atoms with Crippen LogP contribution >= 0.6 is 39.0 Å². The fourth-order valence-electron chi connectivity index (χ4n) is 1.49. The fraction of sp³-hybridized carbons (Fsp3) is 0.167. The van der Waals surface area contributed by atoms with Gasteiger partial charge in [0.25, 0.3) is 5.91 Å². The summed E-state index contributed by atoms with van der Waals surface area (Å²) in [5, 5.41) is 19.2. The molecule has 1 heterocycles. The van der Waals surface area contributed by atoms with Crippen LogP contribution < -0.4 is 5.32 Å². The van der Waals surface area contributed by atoms with Crippen LogP contribution in [0, 0.1) is 6.92 Å². The SMILES string of the molecule is Cc1cc(Br)ccc1C(=O)Nc1nnc(SCC(=O)O)s1. The molecule has 0 atom stereocenters. The maximum Gasteiger partial charge on any atom is 0.313 e. The quantitative estimate of drug-likeness (QED) is 0.604. The molecule has 0 bridgehead atoms. The third-order valence-corrected chi connectivity index (χ3v) is 4.83. The molecule has 2 rings (SSSR count). The number of hydrogen-bond donors (Lipinski definition) is 2. The van der Waals surface area contributed by atoms with E-state index < -0.39 is 5.97 Å². The molecule has 2 aromatic rings. The first-order valence-electron chi connectivity index (χ1n) is 5.71. The van der Waals surface area contributed by atoms with Crippen molar-refractivity contribution in [2.24, 2.45) is 0 Å². The van der Waals surface area contributed by atoms with Crippen LogP contribution in [0.3, 0.4) is 0 Å². The number of carbonyl (C=O) groups excluding carboxylic acids is 1. The van der Waals surface area contributed by atoms with Gasteiger partial charge in [0, 0.05) is 10.0 Å². The summed E-state index contributed by atoms with van der Waals surface area (Å²) in [7, 11) is 0. The zero-order valence-corrected chi connectivity index (χ0v) is 14.0. The smallest absolute Gasteiger partial charge is 0.313 e. The molecule has 0 aliphatic rings. The number of nitrogens with one attached hydrogen (secondary N) is 1. The van der Waals surface area contributed by atoms with E-state index in [9.17, 15) is 9.59 Å². The van der Waals surface area contributed by atoms with E-state index in [2.05, 4.69) is 31.4 Å². The van der Waals surface area contributed by atoms with Crippen molar-refractivity contribution in [1.82, 2.24) is 10.2 Å². The predicted molar refractivity (Wildman–Crippen MR) is 85.1 cm³/mol. The summed E-state index contributed by atoms with van der Waals surface area (Å²) in [5.41, 5.74) is 1.39. The van der Waals surface area contributed by atoms with Gasteiger partial charge in [-0.25, -0.2) is 0 Å². The van der Waals surface area contributed by atoms with Gasteiger partial charge in [0.2, 0.25) is 5.13 Å². The van der Waals surface area contributed by atoms with E-state index in [1.54, 1.807) is 12.1 Å². The molecule has 2 N–H and O–H groups in total. The van der Waals surface area contributed by atoms with Crippen molar-refractivity contribution >= 4 is 56.0 Å². The molecule has 0 radical (unpaired) electrons. The number of carbonyl (C=O) groups is 2. The summed E-state index contributed by atoms with van der Waals surface area (Å²) in [6.45, 7) is 1.84. The molecule has 1 amide bonds. The molecule has 0 unspecified atom stereocenters. The van der Waals surface area contributed by atoms with E-state index in [0.29, 0.717) is 15.0 Å². The van der Waals surface area contributed by atoms with E-state index in [-0.39, 0.29) is 11.7 Å². The number of amides is 1. The lowest BCUT2D eigenvalue weighted by Gasteiger charge is -2.05. The molecular weight excluding hydrogens is 378 g/mol. The average Bonchev–Trinajstić information content (AvgIpc) is 2.83. The minimum atomic E-state index is -0.925. The van der Waals surface area contributed by atoms with Gasteiger partial charge in [0.05, 0.1) is 5.75 Å². The highest BCUT2D eigenvalue weighted by atomic mass is 79.9. The molecule has 0 aliphatic heterocycles. The second-order valence-corrected chi connectivity index (χ2v) is 7.08. The monoisotopic (exact) mass is 387 g/mol. The molecule has 6 nitrogen and oxygen atoms in total.